The van der Waals surface area contributed by atoms with Crippen LogP contribution in [0.25, 0.3) is 0 Å². The van der Waals surface area contributed by atoms with Gasteiger partial charge < -0.3 is 15.2 Å². The molecule has 0 bridgehead atoms. The summed E-state index contributed by atoms with van der Waals surface area (Å²) in [5.74, 6) is -0.0352. The van der Waals surface area contributed by atoms with E-state index in [1.54, 1.807) is 0 Å². The minimum Gasteiger partial charge on any atom is -0.481 e. The molecule has 1 heterocycles. The first-order valence-corrected chi connectivity index (χ1v) is 8.55. The number of allylic oxidation sites excluding steroid dienone is 4. The number of aliphatic carboxylic acids is 1. The number of hydrogen-bond donors (Lipinski definition) is 2. The molecule has 1 aliphatic heterocycles. The van der Waals surface area contributed by atoms with Gasteiger partial charge >= 0.3 is 5.97 Å². The SMILES string of the molecule is CC1(C)NC(Cc2ccccc2)=C(CC2CC=CCC2C(=O)O)O1. The summed E-state index contributed by atoms with van der Waals surface area (Å²) in [7, 11) is 0. The lowest BCUT2D eigenvalue weighted by Gasteiger charge is -2.26. The van der Waals surface area contributed by atoms with Crippen molar-refractivity contribution in [3.8, 4) is 0 Å². The molecule has 0 saturated heterocycles. The first kappa shape index (κ1) is 16.6. The number of carbonyl (C=O) groups is 1. The topological polar surface area (TPSA) is 58.6 Å². The van der Waals surface area contributed by atoms with Crippen molar-refractivity contribution in [2.45, 2.75) is 45.3 Å². The molecule has 2 atom stereocenters. The van der Waals surface area contributed by atoms with Crippen molar-refractivity contribution in [2.24, 2.45) is 11.8 Å². The maximum Gasteiger partial charge on any atom is 0.307 e. The second kappa shape index (κ2) is 6.71. The molecule has 0 aromatic heterocycles. The van der Waals surface area contributed by atoms with Crippen molar-refractivity contribution < 1.29 is 14.6 Å². The van der Waals surface area contributed by atoms with Crippen LogP contribution in [0.1, 0.15) is 38.7 Å². The van der Waals surface area contributed by atoms with Crippen LogP contribution in [-0.2, 0) is 16.0 Å². The third-order valence-corrected chi connectivity index (χ3v) is 4.72. The molecule has 1 aliphatic carbocycles. The van der Waals surface area contributed by atoms with Gasteiger partial charge in [0.1, 0.15) is 5.76 Å². The molecule has 0 amide bonds. The molecule has 24 heavy (non-hydrogen) atoms. The molecule has 2 aliphatic rings. The van der Waals surface area contributed by atoms with Crippen LogP contribution in [0.15, 0.2) is 53.9 Å². The summed E-state index contributed by atoms with van der Waals surface area (Å²) in [5, 5.41) is 12.9. The molecule has 1 aromatic rings. The average molecular weight is 327 g/mol. The lowest BCUT2D eigenvalue weighted by Crippen LogP contribution is -2.35. The van der Waals surface area contributed by atoms with E-state index in [4.69, 9.17) is 4.74 Å². The van der Waals surface area contributed by atoms with Gasteiger partial charge in [0.15, 0.2) is 5.72 Å². The number of ether oxygens (including phenoxy) is 1. The molecule has 0 saturated carbocycles. The van der Waals surface area contributed by atoms with Crippen molar-refractivity contribution >= 4 is 5.97 Å². The zero-order chi connectivity index (χ0) is 17.2. The second-order valence-corrected chi connectivity index (χ2v) is 7.15. The van der Waals surface area contributed by atoms with Crippen LogP contribution in [0, 0.1) is 11.8 Å². The molecule has 4 heteroatoms. The van der Waals surface area contributed by atoms with E-state index in [0.29, 0.717) is 12.8 Å². The lowest BCUT2D eigenvalue weighted by atomic mass is 9.80. The third-order valence-electron chi connectivity index (χ3n) is 4.72. The van der Waals surface area contributed by atoms with Crippen LogP contribution in [0.5, 0.6) is 0 Å². The van der Waals surface area contributed by atoms with Crippen LogP contribution in [0.4, 0.5) is 0 Å². The minimum atomic E-state index is -0.709. The average Bonchev–Trinajstić information content (AvgIpc) is 2.82. The van der Waals surface area contributed by atoms with Crippen LogP contribution < -0.4 is 5.32 Å². The third kappa shape index (κ3) is 3.81. The summed E-state index contributed by atoms with van der Waals surface area (Å²) in [5.41, 5.74) is 1.85. The van der Waals surface area contributed by atoms with E-state index in [2.05, 4.69) is 23.5 Å². The maximum atomic E-state index is 11.5. The number of carboxylic acids is 1. The standard InChI is InChI=1S/C20H25NO3/c1-20(2)21-17(12-14-8-4-3-5-9-14)18(24-20)13-15-10-6-7-11-16(15)19(22)23/h3-9,15-16,21H,10-13H2,1-2H3,(H,22,23). The highest BCUT2D eigenvalue weighted by Crippen LogP contribution is 2.36. The second-order valence-electron chi connectivity index (χ2n) is 7.15. The molecule has 128 valence electrons. The van der Waals surface area contributed by atoms with Crippen molar-refractivity contribution in [1.82, 2.24) is 5.32 Å². The van der Waals surface area contributed by atoms with Crippen molar-refractivity contribution in [3.05, 3.63) is 59.5 Å². The number of rotatable bonds is 5. The predicted octanol–water partition coefficient (Wildman–Crippen LogP) is 3.85. The highest BCUT2D eigenvalue weighted by molar-refractivity contribution is 5.71. The van der Waals surface area contributed by atoms with Crippen molar-refractivity contribution in [1.29, 1.82) is 0 Å². The first-order valence-electron chi connectivity index (χ1n) is 8.55. The smallest absolute Gasteiger partial charge is 0.307 e. The number of carboxylic acid groups (broad SMARTS) is 1. The summed E-state index contributed by atoms with van der Waals surface area (Å²) >= 11 is 0. The Balaban J connectivity index is 1.80. The zero-order valence-corrected chi connectivity index (χ0v) is 14.3. The summed E-state index contributed by atoms with van der Waals surface area (Å²) in [4.78, 5) is 11.5. The molecule has 2 unspecified atom stereocenters. The summed E-state index contributed by atoms with van der Waals surface area (Å²) in [6.45, 7) is 4.00. The zero-order valence-electron chi connectivity index (χ0n) is 14.3. The quantitative estimate of drug-likeness (QED) is 0.807. The highest BCUT2D eigenvalue weighted by Gasteiger charge is 2.36. The summed E-state index contributed by atoms with van der Waals surface area (Å²) in [6.07, 6.45) is 6.92. The number of hydrogen-bond acceptors (Lipinski definition) is 3. The van der Waals surface area contributed by atoms with E-state index in [-0.39, 0.29) is 11.8 Å². The number of benzene rings is 1. The molecule has 2 N–H and O–H groups in total. The highest BCUT2D eigenvalue weighted by atomic mass is 16.5. The van der Waals surface area contributed by atoms with E-state index in [1.165, 1.54) is 5.56 Å². The Morgan fingerprint density at radius 2 is 1.96 bits per heavy atom. The van der Waals surface area contributed by atoms with Crippen LogP contribution in [-0.4, -0.2) is 16.8 Å². The Morgan fingerprint density at radius 3 is 2.67 bits per heavy atom. The Morgan fingerprint density at radius 1 is 1.25 bits per heavy atom. The molecular formula is C20H25NO3. The molecule has 1 aromatic carbocycles. The van der Waals surface area contributed by atoms with Gasteiger partial charge in [-0.05, 0) is 38.2 Å². The van der Waals surface area contributed by atoms with Gasteiger partial charge in [0.25, 0.3) is 0 Å². The van der Waals surface area contributed by atoms with Crippen molar-refractivity contribution in [2.75, 3.05) is 0 Å². The van der Waals surface area contributed by atoms with E-state index < -0.39 is 11.7 Å². The molecule has 3 rings (SSSR count). The van der Waals surface area contributed by atoms with Gasteiger partial charge in [-0.25, -0.2) is 0 Å². The fraction of sp³-hybridized carbons (Fsp3) is 0.450. The van der Waals surface area contributed by atoms with Crippen LogP contribution >= 0.6 is 0 Å². The maximum absolute atomic E-state index is 11.5. The van der Waals surface area contributed by atoms with Gasteiger partial charge in [-0.1, -0.05) is 42.5 Å². The van der Waals surface area contributed by atoms with Gasteiger partial charge in [-0.3, -0.25) is 4.79 Å². The molecule has 0 spiro atoms. The molecule has 0 radical (unpaired) electrons. The minimum absolute atomic E-state index is 0.0870. The van der Waals surface area contributed by atoms with Gasteiger partial charge in [0, 0.05) is 12.8 Å². The van der Waals surface area contributed by atoms with Gasteiger partial charge in [0.05, 0.1) is 11.6 Å². The van der Waals surface area contributed by atoms with E-state index in [1.807, 2.05) is 38.1 Å². The fourth-order valence-electron chi connectivity index (χ4n) is 3.57. The van der Waals surface area contributed by atoms with Crippen molar-refractivity contribution in [3.63, 3.8) is 0 Å². The summed E-state index contributed by atoms with van der Waals surface area (Å²) < 4.78 is 6.12. The first-order chi connectivity index (χ1) is 11.4. The largest absolute Gasteiger partial charge is 0.481 e. The van der Waals surface area contributed by atoms with E-state index >= 15 is 0 Å². The van der Waals surface area contributed by atoms with Gasteiger partial charge in [-0.2, -0.15) is 0 Å². The van der Waals surface area contributed by atoms with Gasteiger partial charge in [-0.15, -0.1) is 0 Å². The monoisotopic (exact) mass is 327 g/mol. The van der Waals surface area contributed by atoms with Crippen LogP contribution in [0.3, 0.4) is 0 Å². The van der Waals surface area contributed by atoms with Crippen LogP contribution in [0.2, 0.25) is 0 Å². The number of nitrogens with one attached hydrogen (secondary N) is 1. The van der Waals surface area contributed by atoms with Gasteiger partial charge in [0.2, 0.25) is 0 Å². The molecular weight excluding hydrogens is 302 g/mol. The summed E-state index contributed by atoms with van der Waals surface area (Å²) in [6, 6.07) is 10.3. The molecule has 4 nitrogen and oxygen atoms in total. The molecule has 0 fully saturated rings. The Bertz CT molecular complexity index is 661. The van der Waals surface area contributed by atoms with E-state index in [9.17, 15) is 9.90 Å². The fourth-order valence-corrected chi connectivity index (χ4v) is 3.57. The normalized spacial score (nSPS) is 25.2. The Hall–Kier alpha value is -2.23. The lowest BCUT2D eigenvalue weighted by molar-refractivity contribution is -0.143. The predicted molar refractivity (Wildman–Crippen MR) is 93.1 cm³/mol. The van der Waals surface area contributed by atoms with E-state index in [0.717, 1.165) is 24.3 Å². The Labute approximate surface area is 143 Å². The Kier molecular flexibility index (Phi) is 4.65.